The Kier molecular flexibility index (Phi) is 6.02. The standard InChI is InChI=1S/C19H15ClF3NO4S/c1-27-17-10(3-2-4-12(17)19(21,22)23)16-11-7-9(20)5-6-13(11)24-18(29)14(28-16)8-15(25)26/h2-7,14,16H,8H2,1H3,(H,24,29)(H,25,26). The minimum Gasteiger partial charge on any atom is -0.496 e. The van der Waals surface area contributed by atoms with E-state index in [4.69, 9.17) is 33.3 Å². The van der Waals surface area contributed by atoms with Gasteiger partial charge in [-0.15, -0.1) is 0 Å². The Labute approximate surface area is 174 Å². The second kappa shape index (κ2) is 8.17. The van der Waals surface area contributed by atoms with Crippen LogP contribution in [0.2, 0.25) is 5.02 Å². The number of methoxy groups -OCH3 is 1. The van der Waals surface area contributed by atoms with Crippen LogP contribution in [0, 0.1) is 0 Å². The molecule has 0 aliphatic carbocycles. The number of carbonyl (C=O) groups is 1. The highest BCUT2D eigenvalue weighted by Crippen LogP contribution is 2.45. The lowest BCUT2D eigenvalue weighted by atomic mass is 9.96. The first-order valence-corrected chi connectivity index (χ1v) is 9.12. The number of halogens is 4. The quantitative estimate of drug-likeness (QED) is 0.640. The van der Waals surface area contributed by atoms with E-state index in [1.54, 1.807) is 12.1 Å². The van der Waals surface area contributed by atoms with Gasteiger partial charge in [-0.05, 0) is 24.3 Å². The van der Waals surface area contributed by atoms with Gasteiger partial charge in [-0.2, -0.15) is 13.2 Å². The molecule has 154 valence electrons. The molecule has 5 nitrogen and oxygen atoms in total. The van der Waals surface area contributed by atoms with Gasteiger partial charge >= 0.3 is 12.1 Å². The molecular weight excluding hydrogens is 431 g/mol. The van der Waals surface area contributed by atoms with Gasteiger partial charge in [0.1, 0.15) is 22.9 Å². The molecule has 0 aromatic heterocycles. The third-order valence-electron chi connectivity index (χ3n) is 4.34. The molecule has 0 spiro atoms. The molecule has 0 saturated carbocycles. The van der Waals surface area contributed by atoms with Crippen LogP contribution in [-0.4, -0.2) is 29.3 Å². The normalized spacial score (nSPS) is 19.1. The fraction of sp³-hybridized carbons (Fsp3) is 0.263. The van der Waals surface area contributed by atoms with Crippen LogP contribution in [0.15, 0.2) is 36.4 Å². The van der Waals surface area contributed by atoms with Gasteiger partial charge in [0, 0.05) is 21.8 Å². The number of aliphatic carboxylic acids is 1. The van der Waals surface area contributed by atoms with E-state index in [-0.39, 0.29) is 10.6 Å². The van der Waals surface area contributed by atoms with Crippen LogP contribution in [0.4, 0.5) is 18.9 Å². The molecule has 0 bridgehead atoms. The van der Waals surface area contributed by atoms with Crippen molar-refractivity contribution in [3.05, 3.63) is 58.1 Å². The van der Waals surface area contributed by atoms with Gasteiger partial charge < -0.3 is 19.9 Å². The van der Waals surface area contributed by atoms with E-state index in [2.05, 4.69) is 5.32 Å². The number of para-hydroxylation sites is 1. The number of carboxylic acid groups (broad SMARTS) is 1. The maximum atomic E-state index is 13.5. The smallest absolute Gasteiger partial charge is 0.419 e. The Balaban J connectivity index is 2.21. The molecule has 2 aromatic rings. The molecule has 1 heterocycles. The van der Waals surface area contributed by atoms with E-state index in [0.29, 0.717) is 16.3 Å². The van der Waals surface area contributed by atoms with E-state index in [9.17, 15) is 23.1 Å². The molecule has 0 saturated heterocycles. The van der Waals surface area contributed by atoms with Crippen LogP contribution >= 0.6 is 23.8 Å². The number of thiocarbonyl (C=S) groups is 1. The highest BCUT2D eigenvalue weighted by Gasteiger charge is 2.38. The van der Waals surface area contributed by atoms with Crippen molar-refractivity contribution in [2.45, 2.75) is 24.8 Å². The SMILES string of the molecule is COc1c(C2OC(CC(=O)O)C(=S)Nc3ccc(Cl)cc32)cccc1C(F)(F)F. The van der Waals surface area contributed by atoms with Crippen molar-refractivity contribution in [2.24, 2.45) is 0 Å². The molecular formula is C19H15ClF3NO4S. The summed E-state index contributed by atoms with van der Waals surface area (Å²) in [6.07, 6.45) is -7.29. The number of fused-ring (bicyclic) bond motifs is 1. The Morgan fingerprint density at radius 3 is 2.66 bits per heavy atom. The van der Waals surface area contributed by atoms with Crippen LogP contribution in [0.3, 0.4) is 0 Å². The molecule has 0 amide bonds. The number of anilines is 1. The number of hydrogen-bond donors (Lipinski definition) is 2. The first-order valence-electron chi connectivity index (χ1n) is 8.33. The molecule has 2 N–H and O–H groups in total. The lowest BCUT2D eigenvalue weighted by Crippen LogP contribution is -2.30. The average molecular weight is 446 g/mol. The summed E-state index contributed by atoms with van der Waals surface area (Å²) >= 11 is 11.3. The highest BCUT2D eigenvalue weighted by atomic mass is 35.5. The van der Waals surface area contributed by atoms with Crippen LogP contribution in [-0.2, 0) is 15.7 Å². The molecule has 2 aromatic carbocycles. The third kappa shape index (κ3) is 4.47. The van der Waals surface area contributed by atoms with E-state index in [1.807, 2.05) is 0 Å². The minimum absolute atomic E-state index is 0.0766. The van der Waals surface area contributed by atoms with Crippen molar-refractivity contribution in [1.29, 1.82) is 0 Å². The summed E-state index contributed by atoms with van der Waals surface area (Å²) < 4.78 is 51.4. The molecule has 29 heavy (non-hydrogen) atoms. The monoisotopic (exact) mass is 445 g/mol. The topological polar surface area (TPSA) is 67.8 Å². The zero-order valence-corrected chi connectivity index (χ0v) is 16.5. The molecule has 2 unspecified atom stereocenters. The number of ether oxygens (including phenoxy) is 2. The number of hydrogen-bond acceptors (Lipinski definition) is 4. The Bertz CT molecular complexity index is 967. The molecule has 0 radical (unpaired) electrons. The number of benzene rings is 2. The second-order valence-electron chi connectivity index (χ2n) is 6.25. The average Bonchev–Trinajstić information content (AvgIpc) is 2.77. The molecule has 2 atom stereocenters. The van der Waals surface area contributed by atoms with E-state index in [1.165, 1.54) is 18.2 Å². The minimum atomic E-state index is -4.66. The first kappa shape index (κ1) is 21.4. The number of alkyl halides is 3. The molecule has 1 aliphatic rings. The van der Waals surface area contributed by atoms with E-state index < -0.39 is 42.1 Å². The van der Waals surface area contributed by atoms with E-state index >= 15 is 0 Å². The Hall–Kier alpha value is -2.36. The van der Waals surface area contributed by atoms with Gasteiger partial charge in [0.05, 0.1) is 19.1 Å². The summed E-state index contributed by atoms with van der Waals surface area (Å²) in [4.78, 5) is 11.3. The van der Waals surface area contributed by atoms with Gasteiger partial charge in [-0.3, -0.25) is 4.79 Å². The Morgan fingerprint density at radius 2 is 2.03 bits per heavy atom. The van der Waals surface area contributed by atoms with Gasteiger partial charge in [-0.1, -0.05) is 36.0 Å². The molecule has 1 aliphatic heterocycles. The lowest BCUT2D eigenvalue weighted by molar-refractivity contribution is -0.139. The number of nitrogens with one attached hydrogen (secondary N) is 1. The summed E-state index contributed by atoms with van der Waals surface area (Å²) in [6.45, 7) is 0. The number of carboxylic acids is 1. The molecule has 3 rings (SSSR count). The first-order chi connectivity index (χ1) is 13.6. The summed E-state index contributed by atoms with van der Waals surface area (Å²) in [5, 5.41) is 12.4. The highest BCUT2D eigenvalue weighted by molar-refractivity contribution is 7.80. The summed E-state index contributed by atoms with van der Waals surface area (Å²) in [5.74, 6) is -1.59. The fourth-order valence-electron chi connectivity index (χ4n) is 3.13. The molecule has 10 heteroatoms. The number of rotatable bonds is 4. The summed E-state index contributed by atoms with van der Waals surface area (Å²) in [7, 11) is 1.13. The second-order valence-corrected chi connectivity index (χ2v) is 7.13. The maximum Gasteiger partial charge on any atom is 0.419 e. The van der Waals surface area contributed by atoms with Crippen molar-refractivity contribution in [2.75, 3.05) is 12.4 Å². The van der Waals surface area contributed by atoms with Crippen molar-refractivity contribution in [3.8, 4) is 5.75 Å². The maximum absolute atomic E-state index is 13.5. The van der Waals surface area contributed by atoms with Crippen molar-refractivity contribution >= 4 is 40.5 Å². The lowest BCUT2D eigenvalue weighted by Gasteiger charge is -2.25. The van der Waals surface area contributed by atoms with Crippen LogP contribution < -0.4 is 10.1 Å². The van der Waals surface area contributed by atoms with Gasteiger partial charge in [0.25, 0.3) is 0 Å². The Morgan fingerprint density at radius 1 is 1.31 bits per heavy atom. The molecule has 0 fully saturated rings. The van der Waals surface area contributed by atoms with Crippen LogP contribution in [0.25, 0.3) is 0 Å². The third-order valence-corrected chi connectivity index (χ3v) is 4.94. The summed E-state index contributed by atoms with van der Waals surface area (Å²) in [5.41, 5.74) is -0.0332. The van der Waals surface area contributed by atoms with Crippen molar-refractivity contribution in [1.82, 2.24) is 0 Å². The van der Waals surface area contributed by atoms with Gasteiger partial charge in [0.15, 0.2) is 0 Å². The van der Waals surface area contributed by atoms with Crippen molar-refractivity contribution < 1.29 is 32.5 Å². The zero-order chi connectivity index (χ0) is 21.3. The van der Waals surface area contributed by atoms with Crippen LogP contribution in [0.5, 0.6) is 5.75 Å². The van der Waals surface area contributed by atoms with E-state index in [0.717, 1.165) is 13.2 Å². The predicted molar refractivity (Wildman–Crippen MR) is 105 cm³/mol. The summed E-state index contributed by atoms with van der Waals surface area (Å²) in [6, 6.07) is 8.26. The largest absolute Gasteiger partial charge is 0.496 e. The fourth-order valence-corrected chi connectivity index (χ4v) is 3.56. The zero-order valence-electron chi connectivity index (χ0n) is 14.9. The van der Waals surface area contributed by atoms with Crippen LogP contribution in [0.1, 0.15) is 29.2 Å². The van der Waals surface area contributed by atoms with Gasteiger partial charge in [0.2, 0.25) is 0 Å². The predicted octanol–water partition coefficient (Wildman–Crippen LogP) is 5.07. The van der Waals surface area contributed by atoms with Gasteiger partial charge in [-0.25, -0.2) is 0 Å². The van der Waals surface area contributed by atoms with Crippen molar-refractivity contribution in [3.63, 3.8) is 0 Å².